The highest BCUT2D eigenvalue weighted by molar-refractivity contribution is 6.09. The molecule has 1 heterocycles. The standard InChI is InChI=1S/C11H8FNO2/c1-7-10(6-13-15-7)11(14)8-3-2-4-9(12)5-8/h2-6H,1H3. The third-order valence-electron chi connectivity index (χ3n) is 2.08. The molecule has 76 valence electrons. The third-order valence-corrected chi connectivity index (χ3v) is 2.08. The van der Waals surface area contributed by atoms with Crippen molar-refractivity contribution >= 4 is 5.78 Å². The second-order valence-electron chi connectivity index (χ2n) is 3.14. The Bertz CT molecular complexity index is 505. The van der Waals surface area contributed by atoms with Gasteiger partial charge in [0.25, 0.3) is 0 Å². The van der Waals surface area contributed by atoms with Gasteiger partial charge in [0.1, 0.15) is 11.6 Å². The molecular weight excluding hydrogens is 197 g/mol. The number of hydrogen-bond donors (Lipinski definition) is 0. The normalized spacial score (nSPS) is 10.3. The summed E-state index contributed by atoms with van der Waals surface area (Å²) in [6.07, 6.45) is 1.34. The van der Waals surface area contributed by atoms with E-state index >= 15 is 0 Å². The molecule has 0 N–H and O–H groups in total. The number of hydrogen-bond acceptors (Lipinski definition) is 3. The first-order valence-corrected chi connectivity index (χ1v) is 4.40. The van der Waals surface area contributed by atoms with Gasteiger partial charge in [-0.1, -0.05) is 17.3 Å². The molecular formula is C11H8FNO2. The van der Waals surface area contributed by atoms with Crippen molar-refractivity contribution in [1.82, 2.24) is 5.16 Å². The first-order valence-electron chi connectivity index (χ1n) is 4.40. The molecule has 1 aromatic heterocycles. The summed E-state index contributed by atoms with van der Waals surface area (Å²) in [6, 6.07) is 5.52. The van der Waals surface area contributed by atoms with Gasteiger partial charge in [0.2, 0.25) is 0 Å². The minimum absolute atomic E-state index is 0.284. The maximum atomic E-state index is 12.9. The molecule has 0 bridgehead atoms. The zero-order valence-electron chi connectivity index (χ0n) is 8.03. The Morgan fingerprint density at radius 2 is 2.27 bits per heavy atom. The topological polar surface area (TPSA) is 43.1 Å². The molecule has 0 amide bonds. The second kappa shape index (κ2) is 3.65. The molecule has 0 unspecified atom stereocenters. The summed E-state index contributed by atoms with van der Waals surface area (Å²) in [5, 5.41) is 3.50. The average molecular weight is 205 g/mol. The Morgan fingerprint density at radius 1 is 1.47 bits per heavy atom. The van der Waals surface area contributed by atoms with Crippen LogP contribution in [-0.2, 0) is 0 Å². The lowest BCUT2D eigenvalue weighted by molar-refractivity contribution is 0.103. The van der Waals surface area contributed by atoms with Gasteiger partial charge in [-0.05, 0) is 19.1 Å². The van der Waals surface area contributed by atoms with Crippen LogP contribution in [0.3, 0.4) is 0 Å². The molecule has 4 heteroatoms. The van der Waals surface area contributed by atoms with Gasteiger partial charge >= 0.3 is 0 Å². The minimum atomic E-state index is -0.435. The predicted octanol–water partition coefficient (Wildman–Crippen LogP) is 2.35. The Morgan fingerprint density at radius 3 is 2.87 bits per heavy atom. The lowest BCUT2D eigenvalue weighted by Crippen LogP contribution is -2.01. The molecule has 0 atom stereocenters. The van der Waals surface area contributed by atoms with Crippen LogP contribution in [0.1, 0.15) is 21.7 Å². The van der Waals surface area contributed by atoms with E-state index in [1.807, 2.05) is 0 Å². The number of aryl methyl sites for hydroxylation is 1. The summed E-state index contributed by atoms with van der Waals surface area (Å²) in [4.78, 5) is 11.8. The molecule has 0 spiro atoms. The smallest absolute Gasteiger partial charge is 0.198 e. The van der Waals surface area contributed by atoms with Crippen LogP contribution in [0.2, 0.25) is 0 Å². The number of ketones is 1. The van der Waals surface area contributed by atoms with Crippen LogP contribution in [0.15, 0.2) is 35.0 Å². The third kappa shape index (κ3) is 1.79. The fraction of sp³-hybridized carbons (Fsp3) is 0.0909. The van der Waals surface area contributed by atoms with E-state index in [0.29, 0.717) is 16.9 Å². The molecule has 3 nitrogen and oxygen atoms in total. The fourth-order valence-corrected chi connectivity index (χ4v) is 1.30. The van der Waals surface area contributed by atoms with Crippen LogP contribution < -0.4 is 0 Å². The monoisotopic (exact) mass is 205 g/mol. The van der Waals surface area contributed by atoms with E-state index < -0.39 is 5.82 Å². The molecule has 2 aromatic rings. The predicted molar refractivity (Wildman–Crippen MR) is 51.1 cm³/mol. The van der Waals surface area contributed by atoms with E-state index in [1.54, 1.807) is 13.0 Å². The zero-order chi connectivity index (χ0) is 10.8. The fourth-order valence-electron chi connectivity index (χ4n) is 1.30. The van der Waals surface area contributed by atoms with Gasteiger partial charge < -0.3 is 4.52 Å². The number of halogens is 1. The first kappa shape index (κ1) is 9.58. The van der Waals surface area contributed by atoms with Gasteiger partial charge in [-0.25, -0.2) is 4.39 Å². The van der Waals surface area contributed by atoms with Crippen molar-refractivity contribution in [1.29, 1.82) is 0 Å². The number of aromatic nitrogens is 1. The van der Waals surface area contributed by atoms with E-state index in [-0.39, 0.29) is 5.78 Å². The van der Waals surface area contributed by atoms with Crippen LogP contribution in [0.5, 0.6) is 0 Å². The summed E-state index contributed by atoms with van der Waals surface area (Å²) < 4.78 is 17.7. The van der Waals surface area contributed by atoms with Crippen LogP contribution in [0, 0.1) is 12.7 Å². The lowest BCUT2D eigenvalue weighted by atomic mass is 10.0. The van der Waals surface area contributed by atoms with Gasteiger partial charge in [0.05, 0.1) is 11.8 Å². The van der Waals surface area contributed by atoms with Crippen LogP contribution in [-0.4, -0.2) is 10.9 Å². The summed E-state index contributed by atoms with van der Waals surface area (Å²) in [5.74, 6) is -0.285. The van der Waals surface area contributed by atoms with Gasteiger partial charge in [0.15, 0.2) is 5.78 Å². The maximum Gasteiger partial charge on any atom is 0.198 e. The Hall–Kier alpha value is -1.97. The zero-order valence-corrected chi connectivity index (χ0v) is 8.03. The van der Waals surface area contributed by atoms with Gasteiger partial charge in [-0.3, -0.25) is 4.79 Å². The van der Waals surface area contributed by atoms with E-state index in [2.05, 4.69) is 5.16 Å². The lowest BCUT2D eigenvalue weighted by Gasteiger charge is -1.98. The van der Waals surface area contributed by atoms with Gasteiger partial charge in [-0.2, -0.15) is 0 Å². The molecule has 0 radical (unpaired) electrons. The largest absolute Gasteiger partial charge is 0.361 e. The van der Waals surface area contributed by atoms with Crippen molar-refractivity contribution in [3.8, 4) is 0 Å². The molecule has 15 heavy (non-hydrogen) atoms. The SMILES string of the molecule is Cc1oncc1C(=O)c1cccc(F)c1. The molecule has 0 saturated carbocycles. The molecule has 0 fully saturated rings. The number of carbonyl (C=O) groups excluding carboxylic acids is 1. The molecule has 0 saturated heterocycles. The quantitative estimate of drug-likeness (QED) is 0.707. The van der Waals surface area contributed by atoms with Crippen molar-refractivity contribution in [3.63, 3.8) is 0 Å². The average Bonchev–Trinajstić information content (AvgIpc) is 2.63. The van der Waals surface area contributed by atoms with E-state index in [0.717, 1.165) is 0 Å². The van der Waals surface area contributed by atoms with Gasteiger partial charge in [0, 0.05) is 5.56 Å². The number of benzene rings is 1. The molecule has 0 aliphatic rings. The maximum absolute atomic E-state index is 12.9. The van der Waals surface area contributed by atoms with Crippen molar-refractivity contribution in [2.24, 2.45) is 0 Å². The number of nitrogens with zero attached hydrogens (tertiary/aromatic N) is 1. The molecule has 0 aliphatic carbocycles. The van der Waals surface area contributed by atoms with Gasteiger partial charge in [-0.15, -0.1) is 0 Å². The molecule has 1 aromatic carbocycles. The highest BCUT2D eigenvalue weighted by atomic mass is 19.1. The Kier molecular flexibility index (Phi) is 2.33. The van der Waals surface area contributed by atoms with E-state index in [9.17, 15) is 9.18 Å². The summed E-state index contributed by atoms with van der Waals surface area (Å²) >= 11 is 0. The summed E-state index contributed by atoms with van der Waals surface area (Å²) in [7, 11) is 0. The Labute approximate surface area is 85.5 Å². The van der Waals surface area contributed by atoms with Crippen LogP contribution >= 0.6 is 0 Å². The van der Waals surface area contributed by atoms with Crippen molar-refractivity contribution in [3.05, 3.63) is 53.2 Å². The summed E-state index contributed by atoms with van der Waals surface area (Å²) in [5.41, 5.74) is 0.655. The number of carbonyl (C=O) groups is 1. The van der Waals surface area contributed by atoms with Crippen molar-refractivity contribution in [2.45, 2.75) is 6.92 Å². The number of rotatable bonds is 2. The van der Waals surface area contributed by atoms with E-state index in [1.165, 1.54) is 24.4 Å². The Balaban J connectivity index is 2.41. The van der Waals surface area contributed by atoms with Crippen molar-refractivity contribution in [2.75, 3.05) is 0 Å². The second-order valence-corrected chi connectivity index (χ2v) is 3.14. The van der Waals surface area contributed by atoms with Crippen molar-refractivity contribution < 1.29 is 13.7 Å². The van der Waals surface area contributed by atoms with E-state index in [4.69, 9.17) is 4.52 Å². The minimum Gasteiger partial charge on any atom is -0.361 e. The first-order chi connectivity index (χ1) is 7.18. The highest BCUT2D eigenvalue weighted by Crippen LogP contribution is 2.13. The van der Waals surface area contributed by atoms with Crippen LogP contribution in [0.4, 0.5) is 4.39 Å². The highest BCUT2D eigenvalue weighted by Gasteiger charge is 2.15. The molecule has 2 rings (SSSR count). The van der Waals surface area contributed by atoms with Crippen LogP contribution in [0.25, 0.3) is 0 Å². The molecule has 0 aliphatic heterocycles. The summed E-state index contributed by atoms with van der Waals surface area (Å²) in [6.45, 7) is 1.64.